The van der Waals surface area contributed by atoms with E-state index in [1.807, 2.05) is 17.7 Å². The number of likely N-dealkylation sites (tertiary alicyclic amines) is 1. The molecule has 3 heterocycles. The highest BCUT2D eigenvalue weighted by Crippen LogP contribution is 2.29. The Morgan fingerprint density at radius 2 is 2.13 bits per heavy atom. The van der Waals surface area contributed by atoms with Crippen molar-refractivity contribution in [3.05, 3.63) is 47.8 Å². The predicted octanol–water partition coefficient (Wildman–Crippen LogP) is 2.37. The number of carbonyl (C=O) groups is 2. The summed E-state index contributed by atoms with van der Waals surface area (Å²) >= 11 is 0. The second kappa shape index (κ2) is 8.05. The lowest BCUT2D eigenvalue weighted by molar-refractivity contribution is -0.144. The number of hydrogen-bond acceptors (Lipinski definition) is 4. The van der Waals surface area contributed by atoms with Gasteiger partial charge in [-0.05, 0) is 31.5 Å². The van der Waals surface area contributed by atoms with E-state index in [0.717, 1.165) is 5.82 Å². The standard InChI is InChI=1S/C20H21F3N6O2/c1-12-24-5-8-28(12)9-6-25-17(30)14-4-7-29(11-14)18(31)13-2-3-15-16(10-13)27-19(26-15)20(21,22)23/h2-3,5,8,10,14H,4,6-7,9,11H2,1H3,(H,25,30)(H,26,27). The topological polar surface area (TPSA) is 95.9 Å². The van der Waals surface area contributed by atoms with Gasteiger partial charge in [-0.3, -0.25) is 9.59 Å². The zero-order valence-corrected chi connectivity index (χ0v) is 16.7. The third-order valence-corrected chi connectivity index (χ3v) is 5.42. The SMILES string of the molecule is Cc1nccn1CCNC(=O)C1CCN(C(=O)c2ccc3nc(C(F)(F)F)[nH]c3c2)C1. The maximum atomic E-state index is 12.8. The second-order valence-electron chi connectivity index (χ2n) is 7.51. The van der Waals surface area contributed by atoms with E-state index in [1.54, 1.807) is 11.1 Å². The molecule has 1 aliphatic heterocycles. The monoisotopic (exact) mass is 434 g/mol. The molecule has 0 spiro atoms. The van der Waals surface area contributed by atoms with E-state index >= 15 is 0 Å². The van der Waals surface area contributed by atoms with Crippen LogP contribution < -0.4 is 5.32 Å². The van der Waals surface area contributed by atoms with Crippen LogP contribution in [0.5, 0.6) is 0 Å². The average Bonchev–Trinajstić information content (AvgIpc) is 3.46. The first kappa shape index (κ1) is 20.9. The molecule has 8 nitrogen and oxygen atoms in total. The number of aromatic nitrogens is 4. The summed E-state index contributed by atoms with van der Waals surface area (Å²) in [5.74, 6) is -0.999. The number of H-pyrrole nitrogens is 1. The van der Waals surface area contributed by atoms with E-state index in [-0.39, 0.29) is 40.9 Å². The van der Waals surface area contributed by atoms with Gasteiger partial charge < -0.3 is 19.8 Å². The average molecular weight is 434 g/mol. The summed E-state index contributed by atoms with van der Waals surface area (Å²) in [4.78, 5) is 36.6. The van der Waals surface area contributed by atoms with E-state index in [1.165, 1.54) is 18.2 Å². The van der Waals surface area contributed by atoms with Crippen LogP contribution in [-0.4, -0.2) is 55.9 Å². The summed E-state index contributed by atoms with van der Waals surface area (Å²) in [7, 11) is 0. The third-order valence-electron chi connectivity index (χ3n) is 5.42. The van der Waals surface area contributed by atoms with Gasteiger partial charge in [-0.1, -0.05) is 0 Å². The van der Waals surface area contributed by atoms with Crippen LogP contribution in [0.4, 0.5) is 13.2 Å². The molecule has 1 unspecified atom stereocenters. The molecule has 4 rings (SSSR count). The van der Waals surface area contributed by atoms with Crippen LogP contribution in [0.15, 0.2) is 30.6 Å². The van der Waals surface area contributed by atoms with Crippen LogP contribution in [0.3, 0.4) is 0 Å². The van der Waals surface area contributed by atoms with Gasteiger partial charge in [0.05, 0.1) is 17.0 Å². The molecule has 1 aliphatic rings. The van der Waals surface area contributed by atoms with Crippen molar-refractivity contribution in [1.82, 2.24) is 29.7 Å². The van der Waals surface area contributed by atoms with Crippen molar-refractivity contribution in [2.24, 2.45) is 5.92 Å². The van der Waals surface area contributed by atoms with Crippen LogP contribution >= 0.6 is 0 Å². The second-order valence-corrected chi connectivity index (χ2v) is 7.51. The molecule has 0 aliphatic carbocycles. The van der Waals surface area contributed by atoms with Crippen molar-refractivity contribution in [2.45, 2.75) is 26.1 Å². The van der Waals surface area contributed by atoms with Gasteiger partial charge >= 0.3 is 6.18 Å². The van der Waals surface area contributed by atoms with Crippen molar-refractivity contribution in [1.29, 1.82) is 0 Å². The van der Waals surface area contributed by atoms with E-state index in [2.05, 4.69) is 20.3 Å². The Bertz CT molecular complexity index is 1120. The molecular formula is C20H21F3N6O2. The summed E-state index contributed by atoms with van der Waals surface area (Å²) < 4.78 is 40.4. The van der Waals surface area contributed by atoms with Crippen molar-refractivity contribution >= 4 is 22.8 Å². The van der Waals surface area contributed by atoms with Crippen molar-refractivity contribution in [3.8, 4) is 0 Å². The summed E-state index contributed by atoms with van der Waals surface area (Å²) in [6.45, 7) is 3.62. The maximum absolute atomic E-state index is 12.8. The molecule has 3 aromatic rings. The van der Waals surface area contributed by atoms with Crippen molar-refractivity contribution in [3.63, 3.8) is 0 Å². The smallest absolute Gasteiger partial charge is 0.354 e. The fourth-order valence-corrected chi connectivity index (χ4v) is 3.70. The highest BCUT2D eigenvalue weighted by atomic mass is 19.4. The fourth-order valence-electron chi connectivity index (χ4n) is 3.70. The summed E-state index contributed by atoms with van der Waals surface area (Å²) in [6.07, 6.45) is -0.519. The fraction of sp³-hybridized carbons (Fsp3) is 0.400. The number of hydrogen-bond donors (Lipinski definition) is 2. The summed E-state index contributed by atoms with van der Waals surface area (Å²) in [5, 5.41) is 2.89. The van der Waals surface area contributed by atoms with Gasteiger partial charge in [-0.2, -0.15) is 13.2 Å². The predicted molar refractivity (Wildman–Crippen MR) is 105 cm³/mol. The van der Waals surface area contributed by atoms with Gasteiger partial charge in [0.1, 0.15) is 5.82 Å². The van der Waals surface area contributed by atoms with E-state index in [4.69, 9.17) is 0 Å². The largest absolute Gasteiger partial charge is 0.449 e. The van der Waals surface area contributed by atoms with Gasteiger partial charge in [0, 0.05) is 44.1 Å². The Hall–Kier alpha value is -3.37. The molecule has 1 saturated heterocycles. The van der Waals surface area contributed by atoms with Gasteiger partial charge in [0.15, 0.2) is 0 Å². The number of imidazole rings is 2. The van der Waals surface area contributed by atoms with Crippen LogP contribution in [0.1, 0.15) is 28.4 Å². The molecule has 2 amide bonds. The number of nitrogens with one attached hydrogen (secondary N) is 2. The number of amides is 2. The van der Waals surface area contributed by atoms with Gasteiger partial charge in [-0.25, -0.2) is 9.97 Å². The molecule has 0 radical (unpaired) electrons. The minimum absolute atomic E-state index is 0.119. The number of aryl methyl sites for hydroxylation is 1. The molecule has 11 heteroatoms. The molecule has 0 saturated carbocycles. The lowest BCUT2D eigenvalue weighted by Crippen LogP contribution is -2.36. The summed E-state index contributed by atoms with van der Waals surface area (Å²) in [6, 6.07) is 4.19. The number of fused-ring (bicyclic) bond motifs is 1. The van der Waals surface area contributed by atoms with E-state index in [0.29, 0.717) is 26.1 Å². The maximum Gasteiger partial charge on any atom is 0.449 e. The van der Waals surface area contributed by atoms with Crippen molar-refractivity contribution in [2.75, 3.05) is 19.6 Å². The van der Waals surface area contributed by atoms with E-state index in [9.17, 15) is 22.8 Å². The minimum atomic E-state index is -4.59. The lowest BCUT2D eigenvalue weighted by atomic mass is 10.1. The molecule has 1 aromatic carbocycles. The molecule has 0 bridgehead atoms. The molecule has 164 valence electrons. The number of rotatable bonds is 5. The Morgan fingerprint density at radius 1 is 1.32 bits per heavy atom. The Labute approximate surface area is 175 Å². The molecule has 1 atom stereocenters. The zero-order valence-electron chi connectivity index (χ0n) is 16.7. The molecule has 2 aromatic heterocycles. The molecule has 31 heavy (non-hydrogen) atoms. The highest BCUT2D eigenvalue weighted by Gasteiger charge is 2.35. The number of aromatic amines is 1. The third kappa shape index (κ3) is 4.39. The Kier molecular flexibility index (Phi) is 5.42. The number of halogens is 3. The van der Waals surface area contributed by atoms with Gasteiger partial charge in [0.2, 0.25) is 11.7 Å². The number of nitrogens with zero attached hydrogens (tertiary/aromatic N) is 4. The minimum Gasteiger partial charge on any atom is -0.354 e. The zero-order chi connectivity index (χ0) is 22.2. The first-order valence-electron chi connectivity index (χ1n) is 9.84. The molecular weight excluding hydrogens is 413 g/mol. The van der Waals surface area contributed by atoms with Crippen LogP contribution in [0.2, 0.25) is 0 Å². The van der Waals surface area contributed by atoms with Crippen LogP contribution in [-0.2, 0) is 17.5 Å². The number of carbonyl (C=O) groups excluding carboxylic acids is 2. The first-order chi connectivity index (χ1) is 14.7. The number of benzene rings is 1. The lowest BCUT2D eigenvalue weighted by Gasteiger charge is -2.17. The normalized spacial score (nSPS) is 16.8. The quantitative estimate of drug-likeness (QED) is 0.645. The highest BCUT2D eigenvalue weighted by molar-refractivity contribution is 5.98. The van der Waals surface area contributed by atoms with Gasteiger partial charge in [-0.15, -0.1) is 0 Å². The van der Waals surface area contributed by atoms with Crippen LogP contribution in [0, 0.1) is 12.8 Å². The number of alkyl halides is 3. The molecule has 2 N–H and O–H groups in total. The Morgan fingerprint density at radius 3 is 2.84 bits per heavy atom. The molecule has 1 fully saturated rings. The first-order valence-corrected chi connectivity index (χ1v) is 9.84. The van der Waals surface area contributed by atoms with Gasteiger partial charge in [0.25, 0.3) is 5.91 Å². The van der Waals surface area contributed by atoms with E-state index < -0.39 is 12.0 Å². The van der Waals surface area contributed by atoms with Crippen LogP contribution in [0.25, 0.3) is 11.0 Å². The van der Waals surface area contributed by atoms with Crippen molar-refractivity contribution < 1.29 is 22.8 Å². The summed E-state index contributed by atoms with van der Waals surface area (Å²) in [5.41, 5.74) is 0.527. The Balaban J connectivity index is 1.35.